The first-order valence-electron chi connectivity index (χ1n) is 25.2. The van der Waals surface area contributed by atoms with Gasteiger partial charge in [-0.05, 0) is 114 Å². The topological polar surface area (TPSA) is 0 Å². The predicted octanol–water partition coefficient (Wildman–Crippen LogP) is 17.5. The van der Waals surface area contributed by atoms with Crippen molar-refractivity contribution in [1.82, 2.24) is 0 Å². The minimum absolute atomic E-state index is 0.163. The van der Waals surface area contributed by atoms with Crippen molar-refractivity contribution in [2.75, 3.05) is 0 Å². The molecule has 0 bridgehead atoms. The van der Waals surface area contributed by atoms with Gasteiger partial charge in [-0.25, -0.2) is 0 Å². The zero-order valence-corrected chi connectivity index (χ0v) is 39.7. The van der Waals surface area contributed by atoms with Crippen LogP contribution in [0.2, 0.25) is 0 Å². The zero-order chi connectivity index (χ0) is 46.9. The van der Waals surface area contributed by atoms with Crippen LogP contribution in [-0.2, 0) is 25.7 Å². The Morgan fingerprint density at radius 1 is 0.171 bits per heavy atom. The normalized spacial score (nSPS) is 12.4. The van der Waals surface area contributed by atoms with E-state index in [0.29, 0.717) is 0 Å². The summed E-state index contributed by atoms with van der Waals surface area (Å²) in [5.74, 6) is 0.680. The largest absolute Gasteiger partial charge is 0.0622 e. The number of rotatable bonds is 16. The molecule has 0 spiro atoms. The predicted molar refractivity (Wildman–Crippen MR) is 295 cm³/mol. The van der Waals surface area contributed by atoms with E-state index < -0.39 is 0 Å². The summed E-state index contributed by atoms with van der Waals surface area (Å²) in [7, 11) is 0. The standard InChI is InChI=1S/C70H58/c1-7-23-53(24-8-1)67(54-25-9-2-10-26-54)69(57-31-15-5-16-32-57)59-45-39-51(40-46-59)43-49-65-61-35-19-21-37-63(61)66(64-38-22-20-36-62(64)65)50-44-52-41-47-60(48-42-52)70(58-33-17-6-18-34-58)68(55-27-11-3-12-28-55)56-29-13-4-14-30-56/h1-42,45-48,67-70H,43-44,49-50H2. The van der Waals surface area contributed by atoms with Gasteiger partial charge in [0.15, 0.2) is 0 Å². The number of hydrogen-bond acceptors (Lipinski definition) is 0. The molecule has 0 radical (unpaired) electrons. The molecule has 0 N–H and O–H groups in total. The van der Waals surface area contributed by atoms with Gasteiger partial charge in [0.25, 0.3) is 0 Å². The first-order valence-corrected chi connectivity index (χ1v) is 25.2. The average molecular weight is 899 g/mol. The quantitative estimate of drug-likeness (QED) is 0.0848. The van der Waals surface area contributed by atoms with E-state index in [1.165, 1.54) is 88.3 Å². The van der Waals surface area contributed by atoms with E-state index in [1.54, 1.807) is 0 Å². The van der Waals surface area contributed by atoms with Gasteiger partial charge in [-0.15, -0.1) is 0 Å². The van der Waals surface area contributed by atoms with Gasteiger partial charge in [0, 0.05) is 23.7 Å². The van der Waals surface area contributed by atoms with Crippen LogP contribution in [-0.4, -0.2) is 0 Å². The van der Waals surface area contributed by atoms with Crippen LogP contribution >= 0.6 is 0 Å². The summed E-state index contributed by atoms with van der Waals surface area (Å²) < 4.78 is 0. The average Bonchev–Trinajstić information content (AvgIpc) is 3.44. The number of aryl methyl sites for hydroxylation is 4. The molecule has 0 fully saturated rings. The molecule has 70 heavy (non-hydrogen) atoms. The fourth-order valence-corrected chi connectivity index (χ4v) is 11.4. The smallest absolute Gasteiger partial charge is 0.0199 e. The van der Waals surface area contributed by atoms with Crippen molar-refractivity contribution in [3.63, 3.8) is 0 Å². The van der Waals surface area contributed by atoms with Gasteiger partial charge < -0.3 is 0 Å². The molecule has 0 aliphatic rings. The van der Waals surface area contributed by atoms with Crippen LogP contribution in [0.1, 0.15) is 90.4 Å². The highest BCUT2D eigenvalue weighted by atomic mass is 14.3. The number of hydrogen-bond donors (Lipinski definition) is 0. The van der Waals surface area contributed by atoms with Crippen molar-refractivity contribution in [3.8, 4) is 0 Å². The monoisotopic (exact) mass is 898 g/mol. The van der Waals surface area contributed by atoms with E-state index in [4.69, 9.17) is 0 Å². The highest BCUT2D eigenvalue weighted by Crippen LogP contribution is 2.45. The number of benzene rings is 11. The van der Waals surface area contributed by atoms with Crippen molar-refractivity contribution >= 4 is 21.5 Å². The van der Waals surface area contributed by atoms with E-state index in [0.717, 1.165) is 25.7 Å². The van der Waals surface area contributed by atoms with Crippen LogP contribution in [0.4, 0.5) is 0 Å². The Labute approximate surface area is 414 Å². The molecule has 11 aromatic rings. The van der Waals surface area contributed by atoms with Gasteiger partial charge in [-0.2, -0.15) is 0 Å². The van der Waals surface area contributed by atoms with Crippen molar-refractivity contribution in [1.29, 1.82) is 0 Å². The first-order chi connectivity index (χ1) is 34.8. The first kappa shape index (κ1) is 44.4. The van der Waals surface area contributed by atoms with E-state index in [2.05, 4.69) is 279 Å². The summed E-state index contributed by atoms with van der Waals surface area (Å²) in [5, 5.41) is 5.50. The molecule has 11 rings (SSSR count). The van der Waals surface area contributed by atoms with Gasteiger partial charge in [0.2, 0.25) is 0 Å². The second kappa shape index (κ2) is 21.1. The van der Waals surface area contributed by atoms with Crippen LogP contribution in [0, 0.1) is 0 Å². The van der Waals surface area contributed by atoms with Gasteiger partial charge in [0.1, 0.15) is 0 Å². The van der Waals surface area contributed by atoms with Gasteiger partial charge in [0.05, 0.1) is 0 Å². The van der Waals surface area contributed by atoms with Gasteiger partial charge in [-0.1, -0.05) is 279 Å². The Kier molecular flexibility index (Phi) is 13.4. The summed E-state index contributed by atoms with van der Waals surface area (Å²) in [6.45, 7) is 0. The maximum atomic E-state index is 2.39. The van der Waals surface area contributed by atoms with Crippen LogP contribution in [0.15, 0.2) is 279 Å². The number of fused-ring (bicyclic) bond motifs is 2. The summed E-state index contributed by atoms with van der Waals surface area (Å²) in [5.41, 5.74) is 16.3. The maximum Gasteiger partial charge on any atom is 0.0199 e. The van der Waals surface area contributed by atoms with Crippen molar-refractivity contribution < 1.29 is 0 Å². The lowest BCUT2D eigenvalue weighted by atomic mass is 9.73. The lowest BCUT2D eigenvalue weighted by Gasteiger charge is -2.29. The molecule has 0 aliphatic heterocycles. The highest BCUT2D eigenvalue weighted by molar-refractivity contribution is 6.06. The third-order valence-corrected chi connectivity index (χ3v) is 14.8. The summed E-state index contributed by atoms with van der Waals surface area (Å²) >= 11 is 0. The van der Waals surface area contributed by atoms with Crippen LogP contribution < -0.4 is 0 Å². The van der Waals surface area contributed by atoms with Crippen molar-refractivity contribution in [3.05, 3.63) is 346 Å². The summed E-state index contributed by atoms with van der Waals surface area (Å²) in [6.07, 6.45) is 3.87. The minimum Gasteiger partial charge on any atom is -0.0622 e. The summed E-state index contributed by atoms with van der Waals surface area (Å²) in [6, 6.07) is 104. The fraction of sp³-hybridized carbons (Fsp3) is 0.114. The van der Waals surface area contributed by atoms with E-state index in [1.807, 2.05) is 0 Å². The molecule has 0 saturated carbocycles. The fourth-order valence-electron chi connectivity index (χ4n) is 11.4. The molecule has 0 heterocycles. The molecule has 0 nitrogen and oxygen atoms in total. The molecular formula is C70H58. The highest BCUT2D eigenvalue weighted by Gasteiger charge is 2.30. The molecule has 338 valence electrons. The van der Waals surface area contributed by atoms with Gasteiger partial charge in [-0.3, -0.25) is 0 Å². The molecule has 0 saturated heterocycles. The second-order valence-electron chi connectivity index (χ2n) is 18.9. The van der Waals surface area contributed by atoms with Crippen LogP contribution in [0.25, 0.3) is 21.5 Å². The Bertz CT molecular complexity index is 3010. The third-order valence-electron chi connectivity index (χ3n) is 14.8. The second-order valence-corrected chi connectivity index (χ2v) is 18.9. The Morgan fingerprint density at radius 2 is 0.357 bits per heavy atom. The van der Waals surface area contributed by atoms with Crippen LogP contribution in [0.3, 0.4) is 0 Å². The third kappa shape index (κ3) is 9.51. The van der Waals surface area contributed by atoms with Gasteiger partial charge >= 0.3 is 0 Å². The minimum atomic E-state index is 0.163. The van der Waals surface area contributed by atoms with Crippen molar-refractivity contribution in [2.45, 2.75) is 49.4 Å². The molecule has 0 aliphatic carbocycles. The van der Waals surface area contributed by atoms with Crippen LogP contribution in [0.5, 0.6) is 0 Å². The molecule has 0 heteroatoms. The molecule has 2 atom stereocenters. The Balaban J connectivity index is 0.870. The summed E-state index contributed by atoms with van der Waals surface area (Å²) in [4.78, 5) is 0. The Morgan fingerprint density at radius 3 is 0.571 bits per heavy atom. The SMILES string of the molecule is c1ccc(C(c2ccccc2)C(c2ccccc2)c2ccc(CCc3c4ccccc4c(CCc4ccc(C(c5ccccc5)C(c5ccccc5)c5ccccc5)cc4)c4ccccc34)cc2)cc1. The molecule has 0 aromatic heterocycles. The molecule has 2 unspecified atom stereocenters. The van der Waals surface area contributed by atoms with E-state index >= 15 is 0 Å². The zero-order valence-electron chi connectivity index (χ0n) is 39.7. The molecule has 0 amide bonds. The van der Waals surface area contributed by atoms with E-state index in [-0.39, 0.29) is 23.7 Å². The maximum absolute atomic E-state index is 2.39. The van der Waals surface area contributed by atoms with E-state index in [9.17, 15) is 0 Å². The molecule has 11 aromatic carbocycles. The lowest BCUT2D eigenvalue weighted by Crippen LogP contribution is -2.15. The molecular weight excluding hydrogens is 841 g/mol. The Hall–Kier alpha value is -8.06. The van der Waals surface area contributed by atoms with Crippen molar-refractivity contribution in [2.24, 2.45) is 0 Å². The lowest BCUT2D eigenvalue weighted by molar-refractivity contribution is 0.693.